The number of halogens is 2. The number of carbonyl (C=O) groups is 1. The summed E-state index contributed by atoms with van der Waals surface area (Å²) in [5.74, 6) is -3.10. The molecule has 0 bridgehead atoms. The normalized spacial score (nSPS) is 20.4. The van der Waals surface area contributed by atoms with Crippen molar-refractivity contribution in [1.82, 2.24) is 4.31 Å². The highest BCUT2D eigenvalue weighted by Crippen LogP contribution is 2.28. The first-order valence-electron chi connectivity index (χ1n) is 6.31. The molecule has 0 aromatic heterocycles. The number of nitrogen functional groups attached to an aromatic ring is 1. The van der Waals surface area contributed by atoms with E-state index in [-0.39, 0.29) is 13.0 Å². The van der Waals surface area contributed by atoms with Gasteiger partial charge in [0, 0.05) is 12.6 Å². The zero-order valence-corrected chi connectivity index (χ0v) is 11.9. The highest BCUT2D eigenvalue weighted by atomic mass is 32.2. The molecule has 9 heteroatoms. The van der Waals surface area contributed by atoms with E-state index in [0.717, 1.165) is 4.31 Å². The number of carbonyl (C=O) groups excluding carboxylic acids is 1. The molecule has 1 fully saturated rings. The smallest absolute Gasteiger partial charge is 0.246 e. The van der Waals surface area contributed by atoms with E-state index in [4.69, 9.17) is 11.5 Å². The molecule has 0 saturated carbocycles. The third kappa shape index (κ3) is 2.84. The van der Waals surface area contributed by atoms with Crippen LogP contribution in [-0.4, -0.2) is 31.2 Å². The number of hydrogen-bond donors (Lipinski definition) is 2. The van der Waals surface area contributed by atoms with Gasteiger partial charge in [0.15, 0.2) is 0 Å². The summed E-state index contributed by atoms with van der Waals surface area (Å²) in [5.41, 5.74) is 10.0. The first kappa shape index (κ1) is 15.6. The summed E-state index contributed by atoms with van der Waals surface area (Å²) in [7, 11) is -4.32. The topological polar surface area (TPSA) is 106 Å². The van der Waals surface area contributed by atoms with E-state index >= 15 is 0 Å². The quantitative estimate of drug-likeness (QED) is 0.794. The van der Waals surface area contributed by atoms with Crippen molar-refractivity contribution in [2.24, 2.45) is 5.73 Å². The Morgan fingerprint density at radius 2 is 1.90 bits per heavy atom. The van der Waals surface area contributed by atoms with Crippen LogP contribution in [0.15, 0.2) is 17.0 Å². The molecule has 4 N–H and O–H groups in total. The second-order valence-electron chi connectivity index (χ2n) is 4.83. The number of sulfonamides is 1. The van der Waals surface area contributed by atoms with E-state index < -0.39 is 44.2 Å². The Hall–Kier alpha value is -1.74. The summed E-state index contributed by atoms with van der Waals surface area (Å²) in [5, 5.41) is 0. The maximum Gasteiger partial charge on any atom is 0.246 e. The van der Waals surface area contributed by atoms with Gasteiger partial charge in [0.1, 0.15) is 22.6 Å². The summed E-state index contributed by atoms with van der Waals surface area (Å²) in [6, 6.07) is 0.0902. The fraction of sp³-hybridized carbons (Fsp3) is 0.417. The average Bonchev–Trinajstić information content (AvgIpc) is 2.42. The summed E-state index contributed by atoms with van der Waals surface area (Å²) in [6.45, 7) is 0.0483. The van der Waals surface area contributed by atoms with Crippen LogP contribution in [0.25, 0.3) is 0 Å². The molecule has 1 aliphatic rings. The number of piperidine rings is 1. The fourth-order valence-electron chi connectivity index (χ4n) is 2.35. The molecular weight excluding hydrogens is 304 g/mol. The van der Waals surface area contributed by atoms with Crippen molar-refractivity contribution < 1.29 is 22.0 Å². The maximum atomic E-state index is 13.8. The first-order chi connectivity index (χ1) is 9.75. The van der Waals surface area contributed by atoms with E-state index in [1.54, 1.807) is 0 Å². The Labute approximate surface area is 120 Å². The lowest BCUT2D eigenvalue weighted by atomic mass is 10.0. The summed E-state index contributed by atoms with van der Waals surface area (Å²) < 4.78 is 52.8. The number of amides is 1. The van der Waals surface area contributed by atoms with Gasteiger partial charge in [0.05, 0.1) is 5.69 Å². The van der Waals surface area contributed by atoms with Gasteiger partial charge < -0.3 is 11.5 Å². The SMILES string of the molecule is NC(=O)C1CCCCN1S(=O)(=O)c1cc(N)c(F)cc1F. The van der Waals surface area contributed by atoms with Crippen molar-refractivity contribution >= 4 is 21.6 Å². The van der Waals surface area contributed by atoms with Crippen LogP contribution in [0.2, 0.25) is 0 Å². The lowest BCUT2D eigenvalue weighted by molar-refractivity contribution is -0.122. The van der Waals surface area contributed by atoms with Crippen LogP contribution in [0.4, 0.5) is 14.5 Å². The van der Waals surface area contributed by atoms with E-state index in [1.807, 2.05) is 0 Å². The van der Waals surface area contributed by atoms with Crippen LogP contribution in [0.1, 0.15) is 19.3 Å². The minimum absolute atomic E-state index is 0.0483. The number of nitrogens with zero attached hydrogens (tertiary/aromatic N) is 1. The fourth-order valence-corrected chi connectivity index (χ4v) is 4.09. The number of primary amides is 1. The lowest BCUT2D eigenvalue weighted by Gasteiger charge is -2.32. The van der Waals surface area contributed by atoms with Gasteiger partial charge in [-0.25, -0.2) is 17.2 Å². The number of benzene rings is 1. The molecule has 0 spiro atoms. The van der Waals surface area contributed by atoms with Gasteiger partial charge in [-0.3, -0.25) is 4.79 Å². The Morgan fingerprint density at radius 1 is 1.24 bits per heavy atom. The van der Waals surface area contributed by atoms with E-state index in [9.17, 15) is 22.0 Å². The Balaban J connectivity index is 2.50. The minimum Gasteiger partial charge on any atom is -0.396 e. The van der Waals surface area contributed by atoms with Gasteiger partial charge in [-0.05, 0) is 18.9 Å². The van der Waals surface area contributed by atoms with Crippen molar-refractivity contribution in [2.75, 3.05) is 12.3 Å². The van der Waals surface area contributed by atoms with Gasteiger partial charge >= 0.3 is 0 Å². The van der Waals surface area contributed by atoms with E-state index in [2.05, 4.69) is 0 Å². The molecule has 1 saturated heterocycles. The van der Waals surface area contributed by atoms with Crippen molar-refractivity contribution in [3.05, 3.63) is 23.8 Å². The van der Waals surface area contributed by atoms with Crippen LogP contribution >= 0.6 is 0 Å². The summed E-state index contributed by atoms with van der Waals surface area (Å²) in [4.78, 5) is 10.6. The molecule has 0 radical (unpaired) electrons. The predicted octanol–water partition coefficient (Wildman–Crippen LogP) is 0.576. The highest BCUT2D eigenvalue weighted by molar-refractivity contribution is 7.89. The molecule has 1 atom stereocenters. The lowest BCUT2D eigenvalue weighted by Crippen LogP contribution is -2.50. The molecule has 0 aliphatic carbocycles. The molecule has 1 heterocycles. The summed E-state index contributed by atoms with van der Waals surface area (Å²) in [6.07, 6.45) is 1.45. The van der Waals surface area contributed by atoms with Gasteiger partial charge in [-0.15, -0.1) is 0 Å². The second kappa shape index (κ2) is 5.57. The van der Waals surface area contributed by atoms with E-state index in [0.29, 0.717) is 25.0 Å². The molecule has 1 aliphatic heterocycles. The molecule has 1 unspecified atom stereocenters. The standard InChI is InChI=1S/C12H15F2N3O3S/c13-7-5-8(14)11(6-9(7)15)21(19,20)17-4-2-1-3-10(17)12(16)18/h5-6,10H,1-4,15H2,(H2,16,18). The number of nitrogens with two attached hydrogens (primary N) is 2. The zero-order valence-electron chi connectivity index (χ0n) is 11.1. The van der Waals surface area contributed by atoms with Crippen LogP contribution in [0.5, 0.6) is 0 Å². The molecule has 1 amide bonds. The van der Waals surface area contributed by atoms with E-state index in [1.165, 1.54) is 0 Å². The molecular formula is C12H15F2N3O3S. The predicted molar refractivity (Wildman–Crippen MR) is 71.5 cm³/mol. The maximum absolute atomic E-state index is 13.8. The summed E-state index contributed by atoms with van der Waals surface area (Å²) >= 11 is 0. The number of hydrogen-bond acceptors (Lipinski definition) is 4. The Kier molecular flexibility index (Phi) is 4.15. The van der Waals surface area contributed by atoms with Gasteiger partial charge in [-0.2, -0.15) is 4.31 Å². The monoisotopic (exact) mass is 319 g/mol. The molecule has 6 nitrogen and oxygen atoms in total. The minimum atomic E-state index is -4.32. The first-order valence-corrected chi connectivity index (χ1v) is 7.75. The van der Waals surface area contributed by atoms with Gasteiger partial charge in [0.25, 0.3) is 0 Å². The molecule has 21 heavy (non-hydrogen) atoms. The second-order valence-corrected chi connectivity index (χ2v) is 6.69. The van der Waals surface area contributed by atoms with Crippen LogP contribution < -0.4 is 11.5 Å². The third-order valence-electron chi connectivity index (χ3n) is 3.42. The highest BCUT2D eigenvalue weighted by Gasteiger charge is 2.38. The molecule has 2 rings (SSSR count). The molecule has 1 aromatic carbocycles. The third-order valence-corrected chi connectivity index (χ3v) is 5.34. The Bertz CT molecular complexity index is 679. The van der Waals surface area contributed by atoms with Crippen LogP contribution in [0.3, 0.4) is 0 Å². The Morgan fingerprint density at radius 3 is 2.52 bits per heavy atom. The van der Waals surface area contributed by atoms with Crippen molar-refractivity contribution in [3.63, 3.8) is 0 Å². The average molecular weight is 319 g/mol. The number of anilines is 1. The van der Waals surface area contributed by atoms with Gasteiger partial charge in [0.2, 0.25) is 15.9 Å². The zero-order chi connectivity index (χ0) is 15.8. The van der Waals surface area contributed by atoms with Gasteiger partial charge in [-0.1, -0.05) is 6.42 Å². The van der Waals surface area contributed by atoms with Crippen molar-refractivity contribution in [2.45, 2.75) is 30.2 Å². The van der Waals surface area contributed by atoms with Crippen molar-refractivity contribution in [1.29, 1.82) is 0 Å². The van der Waals surface area contributed by atoms with Crippen LogP contribution in [-0.2, 0) is 14.8 Å². The van der Waals surface area contributed by atoms with Crippen molar-refractivity contribution in [3.8, 4) is 0 Å². The molecule has 1 aromatic rings. The largest absolute Gasteiger partial charge is 0.396 e. The van der Waals surface area contributed by atoms with Crippen LogP contribution in [0, 0.1) is 11.6 Å². The molecule has 116 valence electrons. The number of rotatable bonds is 3.